The highest BCUT2D eigenvalue weighted by molar-refractivity contribution is 6.42. The molecular formula is C20H28Cl2N2O4. The van der Waals surface area contributed by atoms with Crippen LogP contribution < -0.4 is 5.32 Å². The number of nitrogens with one attached hydrogen (secondary N) is 1. The molecule has 0 spiro atoms. The molecule has 0 aliphatic carbocycles. The molecular weight excluding hydrogens is 403 g/mol. The van der Waals surface area contributed by atoms with E-state index in [-0.39, 0.29) is 30.8 Å². The van der Waals surface area contributed by atoms with Crippen LogP contribution in [0.1, 0.15) is 31.7 Å². The monoisotopic (exact) mass is 430 g/mol. The summed E-state index contributed by atoms with van der Waals surface area (Å²) in [5.41, 5.74) is 1.03. The Bertz CT molecular complexity index is 676. The standard InChI is InChI=1S/C20H28Cl2N2O4/c1-2-23-20(26)8-15-4-6-18-19(28-15)12-27-11-14(25)10-24(18)9-13-3-5-16(21)17(22)7-13/h3,5,7,14-15,18-19,25H,2,4,6,8-12H2,1H3,(H,23,26)/t14-,15-,18-,19+/m0/s1. The fourth-order valence-corrected chi connectivity index (χ4v) is 4.30. The molecule has 1 aromatic rings. The molecule has 0 aromatic heterocycles. The van der Waals surface area contributed by atoms with E-state index in [1.807, 2.05) is 19.1 Å². The average molecular weight is 431 g/mol. The second-order valence-electron chi connectivity index (χ2n) is 7.47. The Hall–Kier alpha value is -0.890. The van der Waals surface area contributed by atoms with Crippen LogP contribution >= 0.6 is 23.2 Å². The Morgan fingerprint density at radius 3 is 2.86 bits per heavy atom. The van der Waals surface area contributed by atoms with Crippen LogP contribution in [-0.4, -0.2) is 66.6 Å². The number of rotatable bonds is 5. The molecule has 0 radical (unpaired) electrons. The summed E-state index contributed by atoms with van der Waals surface area (Å²) in [6.07, 6.45) is 1.25. The SMILES string of the molecule is CCNC(=O)C[C@@H]1CC[C@H]2[C@@H](COC[C@@H](O)CN2Cc2ccc(Cl)c(Cl)c2)O1. The molecule has 1 aromatic carbocycles. The Kier molecular flexibility index (Phi) is 7.97. The molecule has 2 heterocycles. The molecule has 2 fully saturated rings. The predicted molar refractivity (Wildman–Crippen MR) is 109 cm³/mol. The summed E-state index contributed by atoms with van der Waals surface area (Å²) < 4.78 is 11.9. The molecule has 0 saturated carbocycles. The molecule has 8 heteroatoms. The second-order valence-corrected chi connectivity index (χ2v) is 8.28. The van der Waals surface area contributed by atoms with Gasteiger partial charge in [0.25, 0.3) is 0 Å². The summed E-state index contributed by atoms with van der Waals surface area (Å²) in [4.78, 5) is 14.1. The van der Waals surface area contributed by atoms with Gasteiger partial charge in [0.2, 0.25) is 5.91 Å². The molecule has 0 unspecified atom stereocenters. The summed E-state index contributed by atoms with van der Waals surface area (Å²) in [6.45, 7) is 4.34. The zero-order valence-corrected chi connectivity index (χ0v) is 17.6. The van der Waals surface area contributed by atoms with E-state index in [2.05, 4.69) is 10.2 Å². The number of ether oxygens (including phenoxy) is 2. The molecule has 6 nitrogen and oxygen atoms in total. The molecule has 4 atom stereocenters. The highest BCUT2D eigenvalue weighted by Gasteiger charge is 2.38. The summed E-state index contributed by atoms with van der Waals surface area (Å²) in [5, 5.41) is 14.1. The Balaban J connectivity index is 1.70. The quantitative estimate of drug-likeness (QED) is 0.750. The third kappa shape index (κ3) is 5.81. The second kappa shape index (κ2) is 10.2. The fourth-order valence-electron chi connectivity index (χ4n) is 3.98. The van der Waals surface area contributed by atoms with Crippen molar-refractivity contribution < 1.29 is 19.4 Å². The molecule has 0 bridgehead atoms. The first-order valence-corrected chi connectivity index (χ1v) is 10.6. The van der Waals surface area contributed by atoms with Gasteiger partial charge in [-0.3, -0.25) is 9.69 Å². The molecule has 156 valence electrons. The Morgan fingerprint density at radius 2 is 2.11 bits per heavy atom. The number of nitrogens with zero attached hydrogens (tertiary/aromatic N) is 1. The van der Waals surface area contributed by atoms with Crippen LogP contribution in [0.15, 0.2) is 18.2 Å². The number of benzene rings is 1. The molecule has 2 N–H and O–H groups in total. The van der Waals surface area contributed by atoms with E-state index in [4.69, 9.17) is 32.7 Å². The van der Waals surface area contributed by atoms with Crippen molar-refractivity contribution in [1.82, 2.24) is 10.2 Å². The van der Waals surface area contributed by atoms with Crippen molar-refractivity contribution in [3.05, 3.63) is 33.8 Å². The van der Waals surface area contributed by atoms with Crippen molar-refractivity contribution in [2.45, 2.75) is 57.1 Å². The van der Waals surface area contributed by atoms with Crippen molar-refractivity contribution in [1.29, 1.82) is 0 Å². The molecule has 2 aliphatic heterocycles. The zero-order chi connectivity index (χ0) is 20.1. The maximum Gasteiger partial charge on any atom is 0.222 e. The van der Waals surface area contributed by atoms with Gasteiger partial charge in [-0.2, -0.15) is 0 Å². The van der Waals surface area contributed by atoms with Crippen molar-refractivity contribution >= 4 is 29.1 Å². The van der Waals surface area contributed by atoms with E-state index in [0.717, 1.165) is 18.4 Å². The van der Waals surface area contributed by atoms with Gasteiger partial charge in [-0.15, -0.1) is 0 Å². The largest absolute Gasteiger partial charge is 0.389 e. The number of aliphatic hydroxyl groups is 1. The summed E-state index contributed by atoms with van der Waals surface area (Å²) in [6, 6.07) is 5.71. The van der Waals surface area contributed by atoms with Crippen molar-refractivity contribution in [3.8, 4) is 0 Å². The highest BCUT2D eigenvalue weighted by atomic mass is 35.5. The number of carbonyl (C=O) groups excluding carboxylic acids is 1. The van der Waals surface area contributed by atoms with Crippen LogP contribution in [0.25, 0.3) is 0 Å². The van der Waals surface area contributed by atoms with Crippen LogP contribution in [0.5, 0.6) is 0 Å². The number of fused-ring (bicyclic) bond motifs is 1. The first-order chi connectivity index (χ1) is 13.5. The first-order valence-electron chi connectivity index (χ1n) is 9.82. The first kappa shape index (κ1) is 21.8. The zero-order valence-electron chi connectivity index (χ0n) is 16.1. The molecule has 2 saturated heterocycles. The van der Waals surface area contributed by atoms with E-state index in [1.54, 1.807) is 6.07 Å². The van der Waals surface area contributed by atoms with Gasteiger partial charge in [0.1, 0.15) is 0 Å². The number of hydrogen-bond acceptors (Lipinski definition) is 5. The Labute approximate surface area is 176 Å². The summed E-state index contributed by atoms with van der Waals surface area (Å²) >= 11 is 12.2. The van der Waals surface area contributed by atoms with Crippen LogP contribution in [-0.2, 0) is 20.8 Å². The molecule has 1 amide bonds. The lowest BCUT2D eigenvalue weighted by atomic mass is 9.94. The molecule has 28 heavy (non-hydrogen) atoms. The van der Waals surface area contributed by atoms with E-state index >= 15 is 0 Å². The number of carbonyl (C=O) groups is 1. The van der Waals surface area contributed by atoms with Crippen LogP contribution in [0.3, 0.4) is 0 Å². The lowest BCUT2D eigenvalue weighted by molar-refractivity contribution is -0.158. The van der Waals surface area contributed by atoms with Gasteiger partial charge < -0.3 is 19.9 Å². The van der Waals surface area contributed by atoms with Crippen molar-refractivity contribution in [3.63, 3.8) is 0 Å². The topological polar surface area (TPSA) is 71.0 Å². The van der Waals surface area contributed by atoms with E-state index in [0.29, 0.717) is 42.7 Å². The van der Waals surface area contributed by atoms with E-state index in [9.17, 15) is 9.90 Å². The fraction of sp³-hybridized carbons (Fsp3) is 0.650. The van der Waals surface area contributed by atoms with Gasteiger partial charge in [0.15, 0.2) is 0 Å². The Morgan fingerprint density at radius 1 is 1.29 bits per heavy atom. The number of halogens is 2. The number of amides is 1. The maximum absolute atomic E-state index is 11.9. The maximum atomic E-state index is 11.9. The minimum atomic E-state index is -0.559. The van der Waals surface area contributed by atoms with Crippen LogP contribution in [0.2, 0.25) is 10.0 Å². The summed E-state index contributed by atoms with van der Waals surface area (Å²) in [7, 11) is 0. The van der Waals surface area contributed by atoms with E-state index in [1.165, 1.54) is 0 Å². The highest BCUT2D eigenvalue weighted by Crippen LogP contribution is 2.30. The summed E-state index contributed by atoms with van der Waals surface area (Å²) in [5.74, 6) is 0.0146. The molecule has 3 rings (SSSR count). The number of β-amino-alcohol motifs (C(OH)–C–C–N with tert-alkyl or cyclic N) is 1. The normalized spacial score (nSPS) is 28.9. The van der Waals surface area contributed by atoms with Crippen LogP contribution in [0.4, 0.5) is 0 Å². The van der Waals surface area contributed by atoms with E-state index < -0.39 is 6.10 Å². The van der Waals surface area contributed by atoms with Crippen molar-refractivity contribution in [2.75, 3.05) is 26.3 Å². The third-order valence-electron chi connectivity index (χ3n) is 5.24. The van der Waals surface area contributed by atoms with Crippen LogP contribution in [0, 0.1) is 0 Å². The number of hydrogen-bond donors (Lipinski definition) is 2. The third-order valence-corrected chi connectivity index (χ3v) is 5.98. The van der Waals surface area contributed by atoms with Gasteiger partial charge in [0, 0.05) is 25.7 Å². The van der Waals surface area contributed by atoms with Crippen molar-refractivity contribution in [2.24, 2.45) is 0 Å². The lowest BCUT2D eigenvalue weighted by Crippen LogP contribution is -2.55. The van der Waals surface area contributed by atoms with Gasteiger partial charge in [-0.05, 0) is 37.5 Å². The van der Waals surface area contributed by atoms with Gasteiger partial charge >= 0.3 is 0 Å². The van der Waals surface area contributed by atoms with Gasteiger partial charge in [0.05, 0.1) is 48.0 Å². The van der Waals surface area contributed by atoms with Gasteiger partial charge in [-0.25, -0.2) is 0 Å². The van der Waals surface area contributed by atoms with Gasteiger partial charge in [-0.1, -0.05) is 29.3 Å². The molecule has 2 aliphatic rings. The number of aliphatic hydroxyl groups excluding tert-OH is 1. The predicted octanol–water partition coefficient (Wildman–Crippen LogP) is 2.63. The average Bonchev–Trinajstić information content (AvgIpc) is 2.63. The minimum Gasteiger partial charge on any atom is -0.389 e. The lowest BCUT2D eigenvalue weighted by Gasteiger charge is -2.44. The minimum absolute atomic E-state index is 0.0146. The smallest absolute Gasteiger partial charge is 0.222 e.